The summed E-state index contributed by atoms with van der Waals surface area (Å²) in [6.45, 7) is 0.179. The zero-order chi connectivity index (χ0) is 19.1. The summed E-state index contributed by atoms with van der Waals surface area (Å²) in [6, 6.07) is 12.9. The number of ether oxygens (including phenoxy) is 1. The zero-order valence-electron chi connectivity index (χ0n) is 14.8. The Bertz CT molecular complexity index is 985. The van der Waals surface area contributed by atoms with Crippen LogP contribution in [0.15, 0.2) is 59.4 Å². The molecule has 1 unspecified atom stereocenters. The molecule has 138 valence electrons. The molecule has 0 fully saturated rings. The first-order valence-corrected chi connectivity index (χ1v) is 9.17. The van der Waals surface area contributed by atoms with E-state index >= 15 is 0 Å². The Labute approximate surface area is 167 Å². The van der Waals surface area contributed by atoms with Crippen LogP contribution in [0.4, 0.5) is 5.69 Å². The summed E-state index contributed by atoms with van der Waals surface area (Å²) in [4.78, 5) is 20.9. The van der Waals surface area contributed by atoms with Gasteiger partial charge in [-0.05, 0) is 24.3 Å². The number of carbonyl (C=O) groups is 1. The van der Waals surface area contributed by atoms with Crippen molar-refractivity contribution in [3.63, 3.8) is 0 Å². The number of hydrogen-bond donors (Lipinski definition) is 0. The molecule has 2 aromatic carbocycles. The number of aliphatic imine (C=N–C) groups is 1. The van der Waals surface area contributed by atoms with Crippen molar-refractivity contribution in [3.05, 3.63) is 75.5 Å². The van der Waals surface area contributed by atoms with Crippen LogP contribution in [0.25, 0.3) is 0 Å². The molecule has 4 rings (SSSR count). The number of anilines is 1. The molecule has 0 bridgehead atoms. The smallest absolute Gasteiger partial charge is 0.284 e. The fourth-order valence-corrected chi connectivity index (χ4v) is 3.69. The summed E-state index contributed by atoms with van der Waals surface area (Å²) in [5.41, 5.74) is 2.67. The van der Waals surface area contributed by atoms with Crippen molar-refractivity contribution >= 4 is 40.6 Å². The van der Waals surface area contributed by atoms with Crippen LogP contribution >= 0.6 is 23.2 Å². The lowest BCUT2D eigenvalue weighted by Crippen LogP contribution is -2.33. The Morgan fingerprint density at radius 3 is 2.70 bits per heavy atom. The molecular weight excluding hydrogens is 385 g/mol. The molecule has 0 N–H and O–H groups in total. The van der Waals surface area contributed by atoms with Gasteiger partial charge in [0.15, 0.2) is 0 Å². The third-order valence-corrected chi connectivity index (χ3v) is 4.97. The predicted molar refractivity (Wildman–Crippen MR) is 107 cm³/mol. The van der Waals surface area contributed by atoms with Gasteiger partial charge in [0.1, 0.15) is 24.2 Å². The summed E-state index contributed by atoms with van der Waals surface area (Å²) in [6.07, 6.45) is 1.25. The van der Waals surface area contributed by atoms with Crippen LogP contribution in [-0.2, 0) is 9.53 Å². The van der Waals surface area contributed by atoms with E-state index < -0.39 is 6.10 Å². The molecule has 2 aromatic rings. The third-order valence-electron chi connectivity index (χ3n) is 4.39. The van der Waals surface area contributed by atoms with Gasteiger partial charge >= 0.3 is 0 Å². The van der Waals surface area contributed by atoms with Gasteiger partial charge in [0.2, 0.25) is 0 Å². The van der Waals surface area contributed by atoms with Crippen LogP contribution in [-0.4, -0.2) is 37.3 Å². The Balaban J connectivity index is 1.87. The number of amides is 1. The molecule has 0 saturated carbocycles. The van der Waals surface area contributed by atoms with Gasteiger partial charge in [-0.1, -0.05) is 41.4 Å². The largest absolute Gasteiger partial charge is 0.382 e. The number of rotatable bonds is 2. The molecule has 0 saturated heterocycles. The average molecular weight is 402 g/mol. The molecule has 0 spiro atoms. The van der Waals surface area contributed by atoms with E-state index in [0.29, 0.717) is 27.3 Å². The first kappa shape index (κ1) is 18.0. The lowest BCUT2D eigenvalue weighted by molar-refractivity contribution is -0.114. The highest BCUT2D eigenvalue weighted by molar-refractivity contribution is 6.32. The van der Waals surface area contributed by atoms with E-state index in [1.165, 1.54) is 0 Å². The van der Waals surface area contributed by atoms with Gasteiger partial charge in [-0.3, -0.25) is 9.69 Å². The maximum absolute atomic E-state index is 13.0. The van der Waals surface area contributed by atoms with Gasteiger partial charge in [0, 0.05) is 41.5 Å². The predicted octanol–water partition coefficient (Wildman–Crippen LogP) is 4.26. The summed E-state index contributed by atoms with van der Waals surface area (Å²) in [5, 5.41) is 1.16. The maximum Gasteiger partial charge on any atom is 0.284 e. The fraction of sp³-hybridized carbons (Fsp3) is 0.200. The topological polar surface area (TPSA) is 45.1 Å². The number of fused-ring (bicyclic) bond motifs is 3. The zero-order valence-corrected chi connectivity index (χ0v) is 16.3. The van der Waals surface area contributed by atoms with Gasteiger partial charge in [0.25, 0.3) is 5.91 Å². The van der Waals surface area contributed by atoms with E-state index in [4.69, 9.17) is 27.9 Å². The number of amidine groups is 1. The standard InChI is InChI=1S/C20H17Cl2N3O2/c1-24(2)10-16-20(26)25-17-8-7-12(21)9-14(17)19(27-11-18(25)23-16)13-5-3-4-6-15(13)22/h3-10,19H,11H2,1-2H3/b16-10+. The van der Waals surface area contributed by atoms with Gasteiger partial charge < -0.3 is 9.64 Å². The molecule has 1 amide bonds. The van der Waals surface area contributed by atoms with Crippen LogP contribution in [0.1, 0.15) is 17.2 Å². The van der Waals surface area contributed by atoms with E-state index in [-0.39, 0.29) is 12.5 Å². The van der Waals surface area contributed by atoms with Crippen molar-refractivity contribution in [1.82, 2.24) is 4.90 Å². The van der Waals surface area contributed by atoms with Crippen molar-refractivity contribution in [2.75, 3.05) is 25.6 Å². The van der Waals surface area contributed by atoms with Gasteiger partial charge in [-0.15, -0.1) is 0 Å². The highest BCUT2D eigenvalue weighted by atomic mass is 35.5. The minimum absolute atomic E-state index is 0.179. The number of benzene rings is 2. The molecule has 27 heavy (non-hydrogen) atoms. The molecule has 2 heterocycles. The summed E-state index contributed by atoms with van der Waals surface area (Å²) < 4.78 is 6.16. The second-order valence-electron chi connectivity index (χ2n) is 6.56. The van der Waals surface area contributed by atoms with Gasteiger partial charge in [0.05, 0.1) is 5.69 Å². The second-order valence-corrected chi connectivity index (χ2v) is 7.41. The van der Waals surface area contributed by atoms with Gasteiger partial charge in [-0.25, -0.2) is 4.99 Å². The third kappa shape index (κ3) is 3.23. The van der Waals surface area contributed by atoms with E-state index in [1.807, 2.05) is 50.5 Å². The lowest BCUT2D eigenvalue weighted by atomic mass is 9.99. The first-order valence-electron chi connectivity index (χ1n) is 8.41. The van der Waals surface area contributed by atoms with Crippen LogP contribution in [0, 0.1) is 0 Å². The molecule has 0 aliphatic carbocycles. The number of nitrogens with zero attached hydrogens (tertiary/aromatic N) is 3. The van der Waals surface area contributed by atoms with Crippen LogP contribution in [0.3, 0.4) is 0 Å². The van der Waals surface area contributed by atoms with Crippen molar-refractivity contribution in [1.29, 1.82) is 0 Å². The monoisotopic (exact) mass is 401 g/mol. The molecule has 0 radical (unpaired) electrons. The minimum atomic E-state index is -0.449. The molecule has 2 aliphatic heterocycles. The Morgan fingerprint density at radius 2 is 1.96 bits per heavy atom. The average Bonchev–Trinajstić information content (AvgIpc) is 2.83. The first-order chi connectivity index (χ1) is 13.0. The normalized spacial score (nSPS) is 20.2. The quantitative estimate of drug-likeness (QED) is 0.706. The van der Waals surface area contributed by atoms with Crippen LogP contribution in [0.2, 0.25) is 10.0 Å². The SMILES string of the molecule is CN(C)/C=C1/N=C2COC(c3ccccc3Cl)c3cc(Cl)ccc3N2C1=O. The van der Waals surface area contributed by atoms with Gasteiger partial charge in [-0.2, -0.15) is 0 Å². The summed E-state index contributed by atoms with van der Waals surface area (Å²) in [5.74, 6) is 0.358. The van der Waals surface area contributed by atoms with Crippen molar-refractivity contribution in [2.24, 2.45) is 4.99 Å². The van der Waals surface area contributed by atoms with Crippen LogP contribution in [0.5, 0.6) is 0 Å². The molecular formula is C20H17Cl2N3O2. The minimum Gasteiger partial charge on any atom is -0.382 e. The number of hydrogen-bond acceptors (Lipinski definition) is 4. The molecule has 5 nitrogen and oxygen atoms in total. The van der Waals surface area contributed by atoms with Crippen LogP contribution < -0.4 is 4.90 Å². The Morgan fingerprint density at radius 1 is 1.19 bits per heavy atom. The maximum atomic E-state index is 13.0. The summed E-state index contributed by atoms with van der Waals surface area (Å²) in [7, 11) is 3.70. The second kappa shape index (κ2) is 7.00. The van der Waals surface area contributed by atoms with Crippen molar-refractivity contribution < 1.29 is 9.53 Å². The number of carbonyl (C=O) groups excluding carboxylic acids is 1. The van der Waals surface area contributed by atoms with E-state index in [1.54, 1.807) is 22.1 Å². The highest BCUT2D eigenvalue weighted by Crippen LogP contribution is 2.41. The molecule has 2 aliphatic rings. The molecule has 7 heteroatoms. The van der Waals surface area contributed by atoms with E-state index in [2.05, 4.69) is 4.99 Å². The van der Waals surface area contributed by atoms with E-state index in [0.717, 1.165) is 11.1 Å². The molecule has 1 atom stereocenters. The van der Waals surface area contributed by atoms with E-state index in [9.17, 15) is 4.79 Å². The van der Waals surface area contributed by atoms with Crippen molar-refractivity contribution in [2.45, 2.75) is 6.10 Å². The van der Waals surface area contributed by atoms with Crippen molar-refractivity contribution in [3.8, 4) is 0 Å². The fourth-order valence-electron chi connectivity index (χ4n) is 3.27. The Hall–Kier alpha value is -2.34. The molecule has 0 aromatic heterocycles. The lowest BCUT2D eigenvalue weighted by Gasteiger charge is -2.21. The highest BCUT2D eigenvalue weighted by Gasteiger charge is 2.38. The summed E-state index contributed by atoms with van der Waals surface area (Å²) >= 11 is 12.7. The Kier molecular flexibility index (Phi) is 4.68. The number of halogens is 2.